The minimum atomic E-state index is -0.792. The van der Waals surface area contributed by atoms with Crippen LogP contribution in [-0.4, -0.2) is 33.2 Å². The summed E-state index contributed by atoms with van der Waals surface area (Å²) >= 11 is 0. The van der Waals surface area contributed by atoms with Gasteiger partial charge in [0, 0.05) is 11.8 Å². The van der Waals surface area contributed by atoms with Gasteiger partial charge in [0.15, 0.2) is 0 Å². The van der Waals surface area contributed by atoms with Gasteiger partial charge in [0.05, 0.1) is 18.6 Å². The molecule has 1 saturated carbocycles. The van der Waals surface area contributed by atoms with Crippen molar-refractivity contribution in [2.75, 3.05) is 11.9 Å². The van der Waals surface area contributed by atoms with E-state index < -0.39 is 11.5 Å². The van der Waals surface area contributed by atoms with Crippen molar-refractivity contribution in [3.05, 3.63) is 11.8 Å². The standard InChI is InChI=1S/C15H23N3O3/c1-3-8-21-12-9-11(2)16-14(17-12)18-15(10-13(19)20)6-4-5-7-15/h9H,3-8,10H2,1-2H3,(H,19,20)(H,16,17,18). The van der Waals surface area contributed by atoms with Gasteiger partial charge in [0.1, 0.15) is 0 Å². The number of aliphatic carboxylic acids is 1. The number of aromatic nitrogens is 2. The Bertz CT molecular complexity index is 499. The lowest BCUT2D eigenvalue weighted by Gasteiger charge is -2.28. The fraction of sp³-hybridized carbons (Fsp3) is 0.667. The molecular weight excluding hydrogens is 270 g/mol. The van der Waals surface area contributed by atoms with Crippen molar-refractivity contribution in [3.63, 3.8) is 0 Å². The Hall–Kier alpha value is -1.85. The van der Waals surface area contributed by atoms with Gasteiger partial charge in [0.25, 0.3) is 0 Å². The first-order valence-electron chi connectivity index (χ1n) is 7.51. The summed E-state index contributed by atoms with van der Waals surface area (Å²) in [5.74, 6) is 0.207. The van der Waals surface area contributed by atoms with E-state index in [9.17, 15) is 4.79 Å². The lowest BCUT2D eigenvalue weighted by Crippen LogP contribution is -2.38. The highest BCUT2D eigenvalue weighted by Gasteiger charge is 2.36. The van der Waals surface area contributed by atoms with Gasteiger partial charge >= 0.3 is 5.97 Å². The Balaban J connectivity index is 2.16. The SMILES string of the molecule is CCCOc1cc(C)nc(NC2(CC(=O)O)CCCC2)n1. The molecule has 6 nitrogen and oxygen atoms in total. The highest BCUT2D eigenvalue weighted by Crippen LogP contribution is 2.35. The fourth-order valence-corrected chi connectivity index (χ4v) is 2.80. The van der Waals surface area contributed by atoms with Crippen molar-refractivity contribution in [1.82, 2.24) is 9.97 Å². The van der Waals surface area contributed by atoms with Crippen LogP contribution in [0.5, 0.6) is 5.88 Å². The first-order valence-corrected chi connectivity index (χ1v) is 7.51. The summed E-state index contributed by atoms with van der Waals surface area (Å²) in [5.41, 5.74) is 0.379. The van der Waals surface area contributed by atoms with Crippen LogP contribution in [0.4, 0.5) is 5.95 Å². The monoisotopic (exact) mass is 293 g/mol. The number of carboxylic acid groups (broad SMARTS) is 1. The molecule has 2 rings (SSSR count). The van der Waals surface area contributed by atoms with Gasteiger partial charge in [-0.2, -0.15) is 4.98 Å². The van der Waals surface area contributed by atoms with E-state index in [4.69, 9.17) is 9.84 Å². The number of rotatable bonds is 7. The molecule has 0 unspecified atom stereocenters. The van der Waals surface area contributed by atoms with Crippen LogP contribution in [0.15, 0.2) is 6.07 Å². The number of hydrogen-bond donors (Lipinski definition) is 2. The number of nitrogens with one attached hydrogen (secondary N) is 1. The van der Waals surface area contributed by atoms with Crippen LogP contribution in [-0.2, 0) is 4.79 Å². The third-order valence-corrected chi connectivity index (χ3v) is 3.71. The van der Waals surface area contributed by atoms with E-state index in [1.165, 1.54) is 0 Å². The van der Waals surface area contributed by atoms with Crippen LogP contribution >= 0.6 is 0 Å². The largest absolute Gasteiger partial charge is 0.481 e. The van der Waals surface area contributed by atoms with Crippen LogP contribution in [0.2, 0.25) is 0 Å². The van der Waals surface area contributed by atoms with E-state index in [2.05, 4.69) is 15.3 Å². The van der Waals surface area contributed by atoms with Crippen molar-refractivity contribution >= 4 is 11.9 Å². The van der Waals surface area contributed by atoms with E-state index >= 15 is 0 Å². The van der Waals surface area contributed by atoms with Crippen LogP contribution in [0, 0.1) is 6.92 Å². The second-order valence-corrected chi connectivity index (χ2v) is 5.70. The summed E-state index contributed by atoms with van der Waals surface area (Å²) in [6.45, 7) is 4.52. The number of anilines is 1. The molecule has 21 heavy (non-hydrogen) atoms. The summed E-state index contributed by atoms with van der Waals surface area (Å²) in [7, 11) is 0. The minimum absolute atomic E-state index is 0.0927. The molecule has 0 radical (unpaired) electrons. The molecular formula is C15H23N3O3. The number of carbonyl (C=O) groups is 1. The van der Waals surface area contributed by atoms with E-state index in [1.54, 1.807) is 6.07 Å². The Labute approximate surface area is 124 Å². The van der Waals surface area contributed by atoms with Gasteiger partial charge in [-0.25, -0.2) is 4.98 Å². The topological polar surface area (TPSA) is 84.3 Å². The first kappa shape index (κ1) is 15.5. The van der Waals surface area contributed by atoms with Gasteiger partial charge < -0.3 is 15.2 Å². The quantitative estimate of drug-likeness (QED) is 0.804. The van der Waals surface area contributed by atoms with Crippen molar-refractivity contribution in [2.45, 2.75) is 57.9 Å². The highest BCUT2D eigenvalue weighted by molar-refractivity contribution is 5.69. The van der Waals surface area contributed by atoms with Crippen LogP contribution in [0.25, 0.3) is 0 Å². The number of hydrogen-bond acceptors (Lipinski definition) is 5. The van der Waals surface area contributed by atoms with Gasteiger partial charge in [0.2, 0.25) is 11.8 Å². The predicted octanol–water partition coefficient (Wildman–Crippen LogP) is 2.77. The first-order chi connectivity index (χ1) is 10.0. The van der Waals surface area contributed by atoms with Crippen molar-refractivity contribution in [1.29, 1.82) is 0 Å². The minimum Gasteiger partial charge on any atom is -0.481 e. The summed E-state index contributed by atoms with van der Waals surface area (Å²) in [5, 5.41) is 12.4. The molecule has 1 aromatic rings. The maximum Gasteiger partial charge on any atom is 0.305 e. The second-order valence-electron chi connectivity index (χ2n) is 5.70. The second kappa shape index (κ2) is 6.74. The average Bonchev–Trinajstić information content (AvgIpc) is 2.82. The molecule has 2 N–H and O–H groups in total. The molecule has 0 saturated heterocycles. The molecule has 0 spiro atoms. The molecule has 0 aromatic carbocycles. The zero-order valence-corrected chi connectivity index (χ0v) is 12.7. The molecule has 0 amide bonds. The van der Waals surface area contributed by atoms with Crippen molar-refractivity contribution < 1.29 is 14.6 Å². The highest BCUT2D eigenvalue weighted by atomic mass is 16.5. The molecule has 0 atom stereocenters. The predicted molar refractivity (Wildman–Crippen MR) is 79.6 cm³/mol. The Morgan fingerprint density at radius 2 is 2.14 bits per heavy atom. The number of aryl methyl sites for hydroxylation is 1. The zero-order chi connectivity index (χ0) is 15.3. The van der Waals surface area contributed by atoms with Crippen LogP contribution < -0.4 is 10.1 Å². The summed E-state index contributed by atoms with van der Waals surface area (Å²) in [6.07, 6.45) is 4.74. The van der Waals surface area contributed by atoms with Gasteiger partial charge in [-0.15, -0.1) is 0 Å². The van der Waals surface area contributed by atoms with Crippen molar-refractivity contribution in [2.24, 2.45) is 0 Å². The third kappa shape index (κ3) is 4.31. The van der Waals surface area contributed by atoms with Crippen LogP contribution in [0.1, 0.15) is 51.1 Å². The molecule has 0 bridgehead atoms. The number of ether oxygens (including phenoxy) is 1. The van der Waals surface area contributed by atoms with Crippen LogP contribution in [0.3, 0.4) is 0 Å². The maximum atomic E-state index is 11.1. The number of nitrogens with zero attached hydrogens (tertiary/aromatic N) is 2. The lowest BCUT2D eigenvalue weighted by molar-refractivity contribution is -0.138. The van der Waals surface area contributed by atoms with Crippen molar-refractivity contribution in [3.8, 4) is 5.88 Å². The summed E-state index contributed by atoms with van der Waals surface area (Å²) in [4.78, 5) is 19.8. The lowest BCUT2D eigenvalue weighted by atomic mass is 9.93. The molecule has 1 fully saturated rings. The molecule has 1 aliphatic rings. The van der Waals surface area contributed by atoms with Gasteiger partial charge in [-0.1, -0.05) is 19.8 Å². The molecule has 1 heterocycles. The van der Waals surface area contributed by atoms with E-state index in [0.29, 0.717) is 18.4 Å². The molecule has 1 aliphatic carbocycles. The number of carboxylic acids is 1. The summed E-state index contributed by atoms with van der Waals surface area (Å²) in [6, 6.07) is 1.79. The molecule has 1 aromatic heterocycles. The zero-order valence-electron chi connectivity index (χ0n) is 12.7. The molecule has 6 heteroatoms. The molecule has 116 valence electrons. The third-order valence-electron chi connectivity index (χ3n) is 3.71. The summed E-state index contributed by atoms with van der Waals surface area (Å²) < 4.78 is 5.55. The Morgan fingerprint density at radius 3 is 2.76 bits per heavy atom. The molecule has 0 aliphatic heterocycles. The maximum absolute atomic E-state index is 11.1. The smallest absolute Gasteiger partial charge is 0.305 e. The van der Waals surface area contributed by atoms with Gasteiger partial charge in [-0.3, -0.25) is 4.79 Å². The van der Waals surface area contributed by atoms with E-state index in [1.807, 2.05) is 13.8 Å². The normalized spacial score (nSPS) is 16.7. The van der Waals surface area contributed by atoms with E-state index in [-0.39, 0.29) is 6.42 Å². The average molecular weight is 293 g/mol. The van der Waals surface area contributed by atoms with E-state index in [0.717, 1.165) is 37.8 Å². The Kier molecular flexibility index (Phi) is 4.98. The van der Waals surface area contributed by atoms with Gasteiger partial charge in [-0.05, 0) is 26.2 Å². The fourth-order valence-electron chi connectivity index (χ4n) is 2.80. The Morgan fingerprint density at radius 1 is 1.43 bits per heavy atom.